The largest absolute Gasteiger partial charge is 0.480 e. The summed E-state index contributed by atoms with van der Waals surface area (Å²) in [5, 5.41) is 17.7. The first-order valence-corrected chi connectivity index (χ1v) is 18.8. The van der Waals surface area contributed by atoms with Crippen LogP contribution in [0.1, 0.15) is 138 Å². The highest BCUT2D eigenvalue weighted by Gasteiger charge is 2.70. The van der Waals surface area contributed by atoms with Crippen molar-refractivity contribution in [2.45, 2.75) is 143 Å². The van der Waals surface area contributed by atoms with Crippen molar-refractivity contribution in [3.05, 3.63) is 12.2 Å². The molecule has 5 saturated carbocycles. The molecule has 0 bridgehead atoms. The van der Waals surface area contributed by atoms with E-state index < -0.39 is 18.4 Å². The molecule has 260 valence electrons. The van der Waals surface area contributed by atoms with Crippen LogP contribution in [0.25, 0.3) is 0 Å². The minimum Gasteiger partial charge on any atom is -0.480 e. The predicted octanol–water partition coefficient (Wildman–Crippen LogP) is 7.25. The maximum atomic E-state index is 12.2. The molecule has 5 fully saturated rings. The van der Waals surface area contributed by atoms with Crippen LogP contribution < -0.4 is 16.0 Å². The third-order valence-corrected chi connectivity index (χ3v) is 15.3. The second-order valence-corrected chi connectivity index (χ2v) is 17.9. The van der Waals surface area contributed by atoms with E-state index >= 15 is 0 Å². The van der Waals surface area contributed by atoms with E-state index in [2.05, 4.69) is 64.1 Å². The van der Waals surface area contributed by atoms with E-state index in [1.165, 1.54) is 76.2 Å². The van der Waals surface area contributed by atoms with Gasteiger partial charge in [0.1, 0.15) is 6.54 Å². The lowest BCUT2D eigenvalue weighted by Gasteiger charge is -2.72. The summed E-state index contributed by atoms with van der Waals surface area (Å²) in [6.07, 6.45) is 18.1. The van der Waals surface area contributed by atoms with Gasteiger partial charge in [-0.3, -0.25) is 14.4 Å². The molecule has 5 aliphatic carbocycles. The molecule has 7 nitrogen and oxygen atoms in total. The van der Waals surface area contributed by atoms with Crippen molar-refractivity contribution in [1.82, 2.24) is 16.0 Å². The fourth-order valence-corrected chi connectivity index (χ4v) is 13.0. The van der Waals surface area contributed by atoms with Crippen LogP contribution in [0.15, 0.2) is 12.2 Å². The highest BCUT2D eigenvalue weighted by atomic mass is 16.4. The Morgan fingerprint density at radius 2 is 1.50 bits per heavy atom. The van der Waals surface area contributed by atoms with Gasteiger partial charge in [-0.1, -0.05) is 59.6 Å². The Bertz CT molecular complexity index is 1180. The van der Waals surface area contributed by atoms with Crippen LogP contribution in [0.2, 0.25) is 0 Å². The quantitative estimate of drug-likeness (QED) is 0.133. The Hall–Kier alpha value is -1.89. The van der Waals surface area contributed by atoms with Gasteiger partial charge in [-0.2, -0.15) is 0 Å². The van der Waals surface area contributed by atoms with Gasteiger partial charge < -0.3 is 21.1 Å². The lowest BCUT2D eigenvalue weighted by Crippen LogP contribution is -2.68. The number of hydrogen-bond donors (Lipinski definition) is 4. The lowest BCUT2D eigenvalue weighted by molar-refractivity contribution is -0.231. The first kappa shape index (κ1) is 35.4. The Morgan fingerprint density at radius 1 is 0.761 bits per heavy atom. The normalized spacial score (nSPS) is 40.9. The molecule has 5 aliphatic rings. The van der Waals surface area contributed by atoms with Crippen LogP contribution in [0.3, 0.4) is 0 Å². The van der Waals surface area contributed by atoms with Gasteiger partial charge >= 0.3 is 5.97 Å². The zero-order chi connectivity index (χ0) is 33.5. The summed E-state index contributed by atoms with van der Waals surface area (Å²) >= 11 is 0. The third-order valence-electron chi connectivity index (χ3n) is 15.3. The van der Waals surface area contributed by atoms with Crippen LogP contribution in [0, 0.1) is 51.2 Å². The van der Waals surface area contributed by atoms with E-state index in [0.29, 0.717) is 39.9 Å². The summed E-state index contributed by atoms with van der Waals surface area (Å²) in [6.45, 7) is 20.6. The third kappa shape index (κ3) is 6.20. The van der Waals surface area contributed by atoms with Crippen LogP contribution >= 0.6 is 0 Å². The van der Waals surface area contributed by atoms with E-state index in [-0.39, 0.29) is 18.0 Å². The van der Waals surface area contributed by atoms with Gasteiger partial charge in [-0.05, 0) is 142 Å². The number of unbranched alkanes of at least 4 members (excludes halogenated alkanes) is 2. The van der Waals surface area contributed by atoms with Crippen molar-refractivity contribution >= 4 is 17.8 Å². The number of carboxylic acids is 1. The fourth-order valence-electron chi connectivity index (χ4n) is 13.0. The summed E-state index contributed by atoms with van der Waals surface area (Å²) in [4.78, 5) is 34.4. The molecule has 0 spiro atoms. The van der Waals surface area contributed by atoms with Crippen molar-refractivity contribution in [2.75, 3.05) is 19.6 Å². The van der Waals surface area contributed by atoms with Crippen LogP contribution in [0.4, 0.5) is 0 Å². The zero-order valence-corrected chi connectivity index (χ0v) is 30.0. The smallest absolute Gasteiger partial charge is 0.322 e. The summed E-state index contributed by atoms with van der Waals surface area (Å²) in [6, 6.07) is 0. The second kappa shape index (κ2) is 13.2. The second-order valence-electron chi connectivity index (χ2n) is 17.9. The number of aliphatic carboxylic acids is 1. The average Bonchev–Trinajstić information content (AvgIpc) is 3.36. The number of fused-ring (bicyclic) bond motifs is 7. The van der Waals surface area contributed by atoms with Crippen LogP contribution in [-0.4, -0.2) is 48.1 Å². The molecule has 4 N–H and O–H groups in total. The molecule has 9 atom stereocenters. The van der Waals surface area contributed by atoms with Crippen molar-refractivity contribution in [3.8, 4) is 0 Å². The van der Waals surface area contributed by atoms with Gasteiger partial charge in [0, 0.05) is 12.0 Å². The van der Waals surface area contributed by atoms with Crippen molar-refractivity contribution in [3.63, 3.8) is 0 Å². The molecule has 0 saturated heterocycles. The highest BCUT2D eigenvalue weighted by molar-refractivity contribution is 5.86. The van der Waals surface area contributed by atoms with Gasteiger partial charge in [-0.25, -0.2) is 0 Å². The number of rotatable bonds is 12. The number of nitrogens with one attached hydrogen (secondary N) is 3. The molecule has 2 amide bonds. The summed E-state index contributed by atoms with van der Waals surface area (Å²) < 4.78 is 0. The Kier molecular flexibility index (Phi) is 10.2. The van der Waals surface area contributed by atoms with E-state index in [1.54, 1.807) is 0 Å². The molecule has 7 heteroatoms. The minimum atomic E-state index is -1.10. The van der Waals surface area contributed by atoms with Gasteiger partial charge in [0.05, 0.1) is 6.54 Å². The number of amides is 2. The monoisotopic (exact) mass is 639 g/mol. The van der Waals surface area contributed by atoms with Crippen LogP contribution in [0.5, 0.6) is 0 Å². The molecule has 0 aromatic heterocycles. The van der Waals surface area contributed by atoms with E-state index in [0.717, 1.165) is 43.6 Å². The van der Waals surface area contributed by atoms with E-state index in [9.17, 15) is 14.4 Å². The molecule has 0 heterocycles. The highest BCUT2D eigenvalue weighted by Crippen LogP contribution is 2.76. The Morgan fingerprint density at radius 3 is 2.22 bits per heavy atom. The fraction of sp³-hybridized carbons (Fsp3) is 0.872. The molecule has 0 aromatic rings. The van der Waals surface area contributed by atoms with E-state index in [1.807, 2.05) is 0 Å². The summed E-state index contributed by atoms with van der Waals surface area (Å²) in [5.41, 5.74) is 3.31. The minimum absolute atomic E-state index is 0.160. The standard InChI is InChI=1S/C39H65N3O4/c1-26(2)27-15-20-39(42-23-10-8-9-12-31(43)40-24-32(44)41-25-33(45)46)22-21-37(6)28(34(27)39)13-14-30-36(5)18-11-17-35(3,4)29(36)16-19-38(30,37)7/h27-30,34,42H,1,8-25H2,2-7H3,(H,40,43)(H,41,44)(H,45,46)/t27-,28?,29?,30?,34?,36-,37+,38+,39-/m0/s1. The van der Waals surface area contributed by atoms with E-state index in [4.69, 9.17) is 5.11 Å². The number of hydrogen-bond acceptors (Lipinski definition) is 4. The van der Waals surface area contributed by atoms with Gasteiger partial charge in [0.25, 0.3) is 0 Å². The summed E-state index contributed by atoms with van der Waals surface area (Å²) in [7, 11) is 0. The maximum Gasteiger partial charge on any atom is 0.322 e. The molecule has 46 heavy (non-hydrogen) atoms. The molecule has 4 unspecified atom stereocenters. The van der Waals surface area contributed by atoms with Crippen molar-refractivity contribution in [1.29, 1.82) is 0 Å². The molecule has 0 aromatic carbocycles. The first-order chi connectivity index (χ1) is 21.6. The average molecular weight is 640 g/mol. The number of allylic oxidation sites excluding steroid dienone is 1. The molecular weight excluding hydrogens is 574 g/mol. The topological polar surface area (TPSA) is 108 Å². The SMILES string of the molecule is C=C(C)[C@@H]1CC[C@]2(NCCCCCC(=O)NCC(=O)NCC(=O)O)CC[C@]3(C)C(CCC4[C@@]5(C)CCCC(C)(C)C5CC[C@]43C)C12. The Labute approximate surface area is 279 Å². The summed E-state index contributed by atoms with van der Waals surface area (Å²) in [5.74, 6) is 1.96. The number of carbonyl (C=O) groups excluding carboxylic acids is 2. The number of carboxylic acid groups (broad SMARTS) is 1. The van der Waals surface area contributed by atoms with Gasteiger partial charge in [0.15, 0.2) is 0 Å². The predicted molar refractivity (Wildman–Crippen MR) is 184 cm³/mol. The number of carbonyl (C=O) groups is 3. The molecule has 5 rings (SSSR count). The lowest BCUT2D eigenvalue weighted by atomic mass is 9.33. The van der Waals surface area contributed by atoms with Gasteiger partial charge in [0.2, 0.25) is 11.8 Å². The Balaban J connectivity index is 1.20. The molecule has 0 aliphatic heterocycles. The van der Waals surface area contributed by atoms with Crippen molar-refractivity contribution < 1.29 is 19.5 Å². The van der Waals surface area contributed by atoms with Gasteiger partial charge in [-0.15, -0.1) is 0 Å². The van der Waals surface area contributed by atoms with Crippen molar-refractivity contribution in [2.24, 2.45) is 51.2 Å². The zero-order valence-electron chi connectivity index (χ0n) is 30.0. The molecule has 0 radical (unpaired) electrons. The molecular formula is C39H65N3O4. The van der Waals surface area contributed by atoms with Crippen LogP contribution in [-0.2, 0) is 14.4 Å². The maximum absolute atomic E-state index is 12.2. The first-order valence-electron chi connectivity index (χ1n) is 18.8.